The van der Waals surface area contributed by atoms with Crippen LogP contribution in [0.4, 0.5) is 9.18 Å². The smallest absolute Gasteiger partial charge is 0.322 e. The molecular weight excluding hydrogens is 423 g/mol. The van der Waals surface area contributed by atoms with E-state index in [1.807, 2.05) is 31.2 Å². The average molecular weight is 451 g/mol. The van der Waals surface area contributed by atoms with E-state index in [1.165, 1.54) is 12.1 Å². The van der Waals surface area contributed by atoms with Gasteiger partial charge in [-0.05, 0) is 43.2 Å². The third-order valence-electron chi connectivity index (χ3n) is 5.77. The molecule has 1 atom stereocenters. The maximum absolute atomic E-state index is 13.7. The Morgan fingerprint density at radius 3 is 2.67 bits per heavy atom. The summed E-state index contributed by atoms with van der Waals surface area (Å²) in [6.45, 7) is 4.61. The number of methoxy groups -OCH3 is 1. The molecule has 3 aromatic rings. The summed E-state index contributed by atoms with van der Waals surface area (Å²) in [4.78, 5) is 19.3. The highest BCUT2D eigenvalue weighted by Gasteiger charge is 2.35. The van der Waals surface area contributed by atoms with Gasteiger partial charge in [0.1, 0.15) is 11.6 Å². The molecule has 4 rings (SSSR count). The summed E-state index contributed by atoms with van der Waals surface area (Å²) in [5.74, 6) is 0.911. The summed E-state index contributed by atoms with van der Waals surface area (Å²) < 4.78 is 24.6. The number of unbranched alkanes of at least 4 members (excludes halogenated alkanes) is 2. The Balaban J connectivity index is 1.76. The Labute approximate surface area is 192 Å². The topological polar surface area (TPSA) is 80.5 Å². The lowest BCUT2D eigenvalue weighted by molar-refractivity contribution is 0.204. The number of amides is 2. The Morgan fingerprint density at radius 2 is 1.97 bits per heavy atom. The molecule has 2 heterocycles. The van der Waals surface area contributed by atoms with E-state index in [1.54, 1.807) is 24.1 Å². The highest BCUT2D eigenvalue weighted by Crippen LogP contribution is 2.38. The van der Waals surface area contributed by atoms with Crippen molar-refractivity contribution >= 4 is 11.6 Å². The highest BCUT2D eigenvalue weighted by atomic mass is 19.1. The van der Waals surface area contributed by atoms with E-state index in [-0.39, 0.29) is 23.6 Å². The number of halogens is 1. The van der Waals surface area contributed by atoms with Crippen LogP contribution in [-0.2, 0) is 0 Å². The first-order chi connectivity index (χ1) is 16.0. The Hall–Kier alpha value is -3.68. The third kappa shape index (κ3) is 4.74. The largest absolute Gasteiger partial charge is 0.497 e. The van der Waals surface area contributed by atoms with Gasteiger partial charge in [0.2, 0.25) is 5.82 Å². The number of nitrogens with zero attached hydrogens (tertiary/aromatic N) is 3. The minimum absolute atomic E-state index is 0.168. The second-order valence-corrected chi connectivity index (χ2v) is 7.95. The summed E-state index contributed by atoms with van der Waals surface area (Å²) in [6, 6.07) is 12.9. The summed E-state index contributed by atoms with van der Waals surface area (Å²) in [5.41, 5.74) is 2.85. The van der Waals surface area contributed by atoms with Gasteiger partial charge in [-0.3, -0.25) is 4.90 Å². The van der Waals surface area contributed by atoms with E-state index in [4.69, 9.17) is 9.26 Å². The van der Waals surface area contributed by atoms with Crippen LogP contribution in [0.2, 0.25) is 0 Å². The highest BCUT2D eigenvalue weighted by molar-refractivity contribution is 5.86. The van der Waals surface area contributed by atoms with E-state index in [9.17, 15) is 9.18 Å². The van der Waals surface area contributed by atoms with Crippen LogP contribution in [0, 0.1) is 5.82 Å². The van der Waals surface area contributed by atoms with Gasteiger partial charge in [-0.15, -0.1) is 0 Å². The fraction of sp³-hybridized carbons (Fsp3) is 0.320. The van der Waals surface area contributed by atoms with Gasteiger partial charge in [0.25, 0.3) is 5.89 Å². The SMILES string of the molecule is CCCCCN1C(=O)NC(c2ccc(OC)cc2)C(c2nc(-c3cccc(F)c3)no2)=C1C. The number of carbonyl (C=O) groups excluding carboxylic acids is 1. The predicted molar refractivity (Wildman–Crippen MR) is 123 cm³/mol. The van der Waals surface area contributed by atoms with E-state index in [0.717, 1.165) is 36.3 Å². The fourth-order valence-electron chi connectivity index (χ4n) is 3.97. The second-order valence-electron chi connectivity index (χ2n) is 7.95. The van der Waals surface area contributed by atoms with E-state index in [2.05, 4.69) is 22.4 Å². The molecular formula is C25H27FN4O3. The van der Waals surface area contributed by atoms with Crippen LogP contribution in [0.1, 0.15) is 50.6 Å². The van der Waals surface area contributed by atoms with Gasteiger partial charge in [-0.2, -0.15) is 4.98 Å². The fourth-order valence-corrected chi connectivity index (χ4v) is 3.97. The van der Waals surface area contributed by atoms with Gasteiger partial charge in [0, 0.05) is 17.8 Å². The van der Waals surface area contributed by atoms with Gasteiger partial charge in [-0.1, -0.05) is 49.2 Å². The Kier molecular flexibility index (Phi) is 6.72. The van der Waals surface area contributed by atoms with Crippen molar-refractivity contribution in [1.82, 2.24) is 20.4 Å². The number of allylic oxidation sites excluding steroid dienone is 1. The maximum atomic E-state index is 13.7. The van der Waals surface area contributed by atoms with Crippen LogP contribution < -0.4 is 10.1 Å². The molecule has 7 nitrogen and oxygen atoms in total. The number of hydrogen-bond acceptors (Lipinski definition) is 5. The zero-order chi connectivity index (χ0) is 23.4. The third-order valence-corrected chi connectivity index (χ3v) is 5.77. The van der Waals surface area contributed by atoms with Gasteiger partial charge >= 0.3 is 6.03 Å². The molecule has 1 unspecified atom stereocenters. The number of carbonyl (C=O) groups is 1. The molecule has 1 aromatic heterocycles. The molecule has 172 valence electrons. The first-order valence-electron chi connectivity index (χ1n) is 11.0. The quantitative estimate of drug-likeness (QED) is 0.454. The molecule has 0 saturated heterocycles. The van der Waals surface area contributed by atoms with Crippen LogP contribution in [0.3, 0.4) is 0 Å². The molecule has 0 radical (unpaired) electrons. The number of urea groups is 1. The molecule has 0 aliphatic carbocycles. The number of aromatic nitrogens is 2. The average Bonchev–Trinajstić information content (AvgIpc) is 3.31. The summed E-state index contributed by atoms with van der Waals surface area (Å²) in [5, 5.41) is 7.16. The zero-order valence-electron chi connectivity index (χ0n) is 19.0. The molecule has 33 heavy (non-hydrogen) atoms. The summed E-state index contributed by atoms with van der Waals surface area (Å²) in [7, 11) is 1.60. The van der Waals surface area contributed by atoms with Crippen molar-refractivity contribution in [2.75, 3.05) is 13.7 Å². The van der Waals surface area contributed by atoms with Crippen molar-refractivity contribution in [3.8, 4) is 17.1 Å². The predicted octanol–water partition coefficient (Wildman–Crippen LogP) is 5.57. The maximum Gasteiger partial charge on any atom is 0.322 e. The number of benzene rings is 2. The van der Waals surface area contributed by atoms with Crippen molar-refractivity contribution in [2.45, 2.75) is 39.2 Å². The molecule has 2 amide bonds. The molecule has 0 fully saturated rings. The Bertz CT molecular complexity index is 1160. The molecule has 2 aromatic carbocycles. The molecule has 0 bridgehead atoms. The first kappa shape index (κ1) is 22.5. The summed E-state index contributed by atoms with van der Waals surface area (Å²) in [6.07, 6.45) is 2.97. The van der Waals surface area contributed by atoms with E-state index < -0.39 is 6.04 Å². The Morgan fingerprint density at radius 1 is 1.18 bits per heavy atom. The lowest BCUT2D eigenvalue weighted by Crippen LogP contribution is -2.46. The van der Waals surface area contributed by atoms with Crippen LogP contribution in [0.15, 0.2) is 58.8 Å². The molecule has 8 heteroatoms. The van der Waals surface area contributed by atoms with Gasteiger partial charge < -0.3 is 14.6 Å². The lowest BCUT2D eigenvalue weighted by Gasteiger charge is -2.35. The molecule has 1 N–H and O–H groups in total. The molecule has 0 saturated carbocycles. The molecule has 1 aliphatic rings. The standard InChI is InChI=1S/C25H27FN4O3/c1-4-5-6-14-30-16(2)21(22(27-25(30)31)17-10-12-20(32-3)13-11-17)24-28-23(29-33-24)18-8-7-9-19(26)15-18/h7-13,15,22H,4-6,14H2,1-3H3,(H,27,31). The van der Waals surface area contributed by atoms with E-state index in [0.29, 0.717) is 17.7 Å². The van der Waals surface area contributed by atoms with Crippen molar-refractivity contribution in [1.29, 1.82) is 0 Å². The van der Waals surface area contributed by atoms with Crippen molar-refractivity contribution in [3.05, 3.63) is 71.5 Å². The van der Waals surface area contributed by atoms with Crippen molar-refractivity contribution in [2.24, 2.45) is 0 Å². The normalized spacial score (nSPS) is 16.2. The van der Waals surface area contributed by atoms with Gasteiger partial charge in [0.05, 0.1) is 18.7 Å². The minimum atomic E-state index is -0.480. The van der Waals surface area contributed by atoms with Crippen LogP contribution in [-0.4, -0.2) is 34.7 Å². The lowest BCUT2D eigenvalue weighted by atomic mass is 9.94. The number of hydrogen-bond donors (Lipinski definition) is 1. The van der Waals surface area contributed by atoms with Crippen LogP contribution in [0.5, 0.6) is 5.75 Å². The monoisotopic (exact) mass is 450 g/mol. The second kappa shape index (κ2) is 9.85. The zero-order valence-corrected chi connectivity index (χ0v) is 19.0. The number of nitrogens with one attached hydrogen (secondary N) is 1. The van der Waals surface area contributed by atoms with Crippen molar-refractivity contribution in [3.63, 3.8) is 0 Å². The van der Waals surface area contributed by atoms with Gasteiger partial charge in [0.15, 0.2) is 0 Å². The van der Waals surface area contributed by atoms with Gasteiger partial charge in [-0.25, -0.2) is 9.18 Å². The summed E-state index contributed by atoms with van der Waals surface area (Å²) >= 11 is 0. The molecule has 1 aliphatic heterocycles. The first-order valence-corrected chi connectivity index (χ1v) is 11.0. The van der Waals surface area contributed by atoms with E-state index >= 15 is 0 Å². The van der Waals surface area contributed by atoms with Crippen LogP contribution >= 0.6 is 0 Å². The number of ether oxygens (including phenoxy) is 1. The van der Waals surface area contributed by atoms with Crippen molar-refractivity contribution < 1.29 is 18.4 Å². The minimum Gasteiger partial charge on any atom is -0.497 e. The number of rotatable bonds is 8. The molecule has 0 spiro atoms. The van der Waals surface area contributed by atoms with Crippen LogP contribution in [0.25, 0.3) is 17.0 Å².